The van der Waals surface area contributed by atoms with Crippen molar-refractivity contribution in [3.63, 3.8) is 0 Å². The Hall–Kier alpha value is -2.18. The van der Waals surface area contributed by atoms with Gasteiger partial charge in [0.2, 0.25) is 0 Å². The molecule has 0 aliphatic rings. The van der Waals surface area contributed by atoms with Gasteiger partial charge in [-0.3, -0.25) is 0 Å². The van der Waals surface area contributed by atoms with Crippen LogP contribution in [0.4, 0.5) is 18.9 Å². The molecule has 0 saturated heterocycles. The first-order chi connectivity index (χ1) is 9.83. The fourth-order valence-electron chi connectivity index (χ4n) is 1.74. The summed E-state index contributed by atoms with van der Waals surface area (Å²) in [5, 5.41) is 6.80. The molecule has 0 spiro atoms. The van der Waals surface area contributed by atoms with Gasteiger partial charge >= 0.3 is 6.18 Å². The summed E-state index contributed by atoms with van der Waals surface area (Å²) < 4.78 is 46.5. The maximum Gasteiger partial charge on any atom is 0.422 e. The van der Waals surface area contributed by atoms with Gasteiger partial charge in [-0.25, -0.2) is 0 Å². The highest BCUT2D eigenvalue weighted by molar-refractivity contribution is 5.57. The third-order valence-corrected chi connectivity index (χ3v) is 2.67. The van der Waals surface area contributed by atoms with Gasteiger partial charge in [0, 0.05) is 6.07 Å². The van der Waals surface area contributed by atoms with Gasteiger partial charge in [-0.05, 0) is 31.5 Å². The van der Waals surface area contributed by atoms with E-state index in [4.69, 9.17) is 9.26 Å². The molecule has 0 saturated carbocycles. The number of nitrogens with one attached hydrogen (secondary N) is 1. The van der Waals surface area contributed by atoms with Crippen LogP contribution < -0.4 is 10.1 Å². The highest BCUT2D eigenvalue weighted by atomic mass is 19.4. The number of aryl methyl sites for hydroxylation is 2. The largest absolute Gasteiger partial charge is 0.482 e. The van der Waals surface area contributed by atoms with Crippen molar-refractivity contribution in [3.05, 3.63) is 41.3 Å². The van der Waals surface area contributed by atoms with Crippen LogP contribution in [0.5, 0.6) is 5.75 Å². The van der Waals surface area contributed by atoms with Crippen molar-refractivity contribution in [1.29, 1.82) is 0 Å². The third kappa shape index (κ3) is 4.70. The minimum atomic E-state index is -4.37. The number of ether oxygens (including phenoxy) is 1. The van der Waals surface area contributed by atoms with Crippen LogP contribution in [-0.2, 0) is 6.54 Å². The topological polar surface area (TPSA) is 47.3 Å². The van der Waals surface area contributed by atoms with E-state index in [0.29, 0.717) is 23.7 Å². The van der Waals surface area contributed by atoms with Gasteiger partial charge in [-0.2, -0.15) is 13.2 Å². The molecule has 2 rings (SSSR count). The molecule has 0 unspecified atom stereocenters. The van der Waals surface area contributed by atoms with Crippen molar-refractivity contribution >= 4 is 5.69 Å². The lowest BCUT2D eigenvalue weighted by Gasteiger charge is -2.14. The molecule has 0 radical (unpaired) electrons. The Kier molecular flexibility index (Phi) is 4.40. The zero-order valence-electron chi connectivity index (χ0n) is 11.6. The number of anilines is 1. The Morgan fingerprint density at radius 1 is 1.24 bits per heavy atom. The second-order valence-corrected chi connectivity index (χ2v) is 4.69. The van der Waals surface area contributed by atoms with Gasteiger partial charge in [0.25, 0.3) is 0 Å². The molecule has 0 bridgehead atoms. The average Bonchev–Trinajstić information content (AvgIpc) is 2.80. The van der Waals surface area contributed by atoms with Gasteiger partial charge in [-0.15, -0.1) is 0 Å². The molecule has 1 aromatic carbocycles. The number of benzene rings is 1. The number of aromatic nitrogens is 1. The van der Waals surface area contributed by atoms with Crippen molar-refractivity contribution in [2.24, 2.45) is 0 Å². The smallest absolute Gasteiger partial charge is 0.422 e. The molecule has 1 aromatic heterocycles. The molecule has 7 heteroatoms. The number of alkyl halides is 3. The molecule has 4 nitrogen and oxygen atoms in total. The first-order valence-electron chi connectivity index (χ1n) is 6.30. The van der Waals surface area contributed by atoms with Gasteiger partial charge in [0.05, 0.1) is 12.2 Å². The normalized spacial score (nSPS) is 11.5. The molecular formula is C14H15F3N2O2. The van der Waals surface area contributed by atoms with E-state index in [1.807, 2.05) is 0 Å². The lowest BCUT2D eigenvalue weighted by molar-refractivity contribution is -0.153. The summed E-state index contributed by atoms with van der Waals surface area (Å²) in [6.07, 6.45) is -4.37. The van der Waals surface area contributed by atoms with Crippen molar-refractivity contribution in [1.82, 2.24) is 5.16 Å². The number of nitrogens with zero attached hydrogens (tertiary/aromatic N) is 1. The van der Waals surface area contributed by atoms with Crippen LogP contribution in [0.25, 0.3) is 0 Å². The fourth-order valence-corrected chi connectivity index (χ4v) is 1.74. The Morgan fingerprint density at radius 2 is 2.00 bits per heavy atom. The maximum atomic E-state index is 12.3. The van der Waals surface area contributed by atoms with Crippen molar-refractivity contribution in [3.8, 4) is 5.75 Å². The Labute approximate surface area is 119 Å². The van der Waals surface area contributed by atoms with E-state index in [9.17, 15) is 13.2 Å². The zero-order valence-corrected chi connectivity index (χ0v) is 11.6. The summed E-state index contributed by atoms with van der Waals surface area (Å²) in [6, 6.07) is 6.77. The molecule has 1 heterocycles. The first-order valence-corrected chi connectivity index (χ1v) is 6.30. The van der Waals surface area contributed by atoms with E-state index in [0.717, 1.165) is 5.56 Å². The summed E-state index contributed by atoms with van der Waals surface area (Å²) in [7, 11) is 0. The summed E-state index contributed by atoms with van der Waals surface area (Å²) >= 11 is 0. The van der Waals surface area contributed by atoms with E-state index in [1.54, 1.807) is 38.1 Å². The Balaban J connectivity index is 2.07. The molecule has 0 atom stereocenters. The van der Waals surface area contributed by atoms with Crippen LogP contribution in [0, 0.1) is 13.8 Å². The van der Waals surface area contributed by atoms with Gasteiger partial charge in [0.15, 0.2) is 6.61 Å². The highest BCUT2D eigenvalue weighted by Gasteiger charge is 2.28. The van der Waals surface area contributed by atoms with Gasteiger partial charge in [-0.1, -0.05) is 11.2 Å². The van der Waals surface area contributed by atoms with Crippen molar-refractivity contribution in [2.75, 3.05) is 11.9 Å². The van der Waals surface area contributed by atoms with E-state index < -0.39 is 12.8 Å². The number of rotatable bonds is 5. The molecule has 1 N–H and O–H groups in total. The van der Waals surface area contributed by atoms with Gasteiger partial charge in [0.1, 0.15) is 17.2 Å². The highest BCUT2D eigenvalue weighted by Crippen LogP contribution is 2.28. The summed E-state index contributed by atoms with van der Waals surface area (Å²) in [6.45, 7) is 2.56. The summed E-state index contributed by atoms with van der Waals surface area (Å²) in [4.78, 5) is 0. The van der Waals surface area contributed by atoms with E-state index in [-0.39, 0.29) is 5.75 Å². The molecule has 0 aliphatic carbocycles. The maximum absolute atomic E-state index is 12.3. The summed E-state index contributed by atoms with van der Waals surface area (Å²) in [5.74, 6) is 0.830. The van der Waals surface area contributed by atoms with Crippen LogP contribution in [-0.4, -0.2) is 17.9 Å². The molecule has 0 fully saturated rings. The molecule has 0 amide bonds. The number of hydrogen-bond acceptors (Lipinski definition) is 4. The first kappa shape index (κ1) is 15.2. The van der Waals surface area contributed by atoms with E-state index >= 15 is 0 Å². The molecule has 2 aromatic rings. The van der Waals surface area contributed by atoms with Crippen LogP contribution in [0.1, 0.15) is 17.0 Å². The van der Waals surface area contributed by atoms with Crippen LogP contribution in [0.15, 0.2) is 28.8 Å². The van der Waals surface area contributed by atoms with Crippen molar-refractivity contribution < 1.29 is 22.4 Å². The second kappa shape index (κ2) is 6.07. The zero-order chi connectivity index (χ0) is 15.5. The van der Waals surface area contributed by atoms with Crippen LogP contribution in [0.2, 0.25) is 0 Å². The fraction of sp³-hybridized carbons (Fsp3) is 0.357. The van der Waals surface area contributed by atoms with Crippen LogP contribution in [0.3, 0.4) is 0 Å². The monoisotopic (exact) mass is 300 g/mol. The standard InChI is InChI=1S/C14H15F3N2O2/c1-9-3-4-12(13(5-9)20-8-14(15,16)17)18-7-11-6-10(2)21-19-11/h3-6,18H,7-8H2,1-2H3. The molecule has 0 aliphatic heterocycles. The van der Waals surface area contributed by atoms with Crippen LogP contribution >= 0.6 is 0 Å². The Morgan fingerprint density at radius 3 is 2.62 bits per heavy atom. The average molecular weight is 300 g/mol. The number of hydrogen-bond donors (Lipinski definition) is 1. The minimum Gasteiger partial charge on any atom is -0.482 e. The minimum absolute atomic E-state index is 0.160. The van der Waals surface area contributed by atoms with E-state index in [2.05, 4.69) is 10.5 Å². The molecule has 114 valence electrons. The SMILES string of the molecule is Cc1ccc(NCc2cc(C)on2)c(OCC(F)(F)F)c1. The lowest BCUT2D eigenvalue weighted by Crippen LogP contribution is -2.19. The molecular weight excluding hydrogens is 285 g/mol. The quantitative estimate of drug-likeness (QED) is 0.911. The Bertz CT molecular complexity index is 609. The molecule has 21 heavy (non-hydrogen) atoms. The second-order valence-electron chi connectivity index (χ2n) is 4.69. The summed E-state index contributed by atoms with van der Waals surface area (Å²) in [5.41, 5.74) is 1.95. The number of halogens is 3. The third-order valence-electron chi connectivity index (χ3n) is 2.67. The van der Waals surface area contributed by atoms with E-state index in [1.165, 1.54) is 0 Å². The van der Waals surface area contributed by atoms with Gasteiger partial charge < -0.3 is 14.6 Å². The lowest BCUT2D eigenvalue weighted by atomic mass is 10.2. The predicted molar refractivity (Wildman–Crippen MR) is 71.3 cm³/mol. The van der Waals surface area contributed by atoms with Crippen molar-refractivity contribution in [2.45, 2.75) is 26.6 Å². The predicted octanol–water partition coefficient (Wildman–Crippen LogP) is 3.84.